The van der Waals surface area contributed by atoms with Crippen LogP contribution in [0.15, 0.2) is 41.7 Å². The van der Waals surface area contributed by atoms with Crippen LogP contribution >= 0.6 is 11.8 Å². The van der Waals surface area contributed by atoms with Gasteiger partial charge in [-0.3, -0.25) is 4.98 Å². The summed E-state index contributed by atoms with van der Waals surface area (Å²) in [6.45, 7) is 0.106. The minimum Gasteiger partial charge on any atom is -0.431 e. The van der Waals surface area contributed by atoms with E-state index in [9.17, 15) is 13.2 Å². The van der Waals surface area contributed by atoms with Crippen molar-refractivity contribution in [2.24, 2.45) is 0 Å². The lowest BCUT2D eigenvalue weighted by Gasteiger charge is -2.13. The highest BCUT2D eigenvalue weighted by Crippen LogP contribution is 2.28. The van der Waals surface area contributed by atoms with Gasteiger partial charge in [0.25, 0.3) is 0 Å². The summed E-state index contributed by atoms with van der Waals surface area (Å²) in [6, 6.07) is 8.12. The van der Waals surface area contributed by atoms with Crippen LogP contribution in [0.3, 0.4) is 0 Å². The number of hydrogen-bond donors (Lipinski definition) is 1. The molecule has 0 radical (unpaired) electrons. The summed E-state index contributed by atoms with van der Waals surface area (Å²) in [5.41, 5.74) is 3.20. The SMILES string of the molecule is Cc1cccnc1CSc1nc2ccc(OC(F)(F)CF)cc2[nH]1. The third kappa shape index (κ3) is 3.81. The van der Waals surface area contributed by atoms with Gasteiger partial charge in [0.05, 0.1) is 16.7 Å². The zero-order valence-corrected chi connectivity index (χ0v) is 13.5. The summed E-state index contributed by atoms with van der Waals surface area (Å²) in [7, 11) is 0. The fraction of sp³-hybridized carbons (Fsp3) is 0.250. The number of fused-ring (bicyclic) bond motifs is 1. The molecule has 0 bridgehead atoms. The molecule has 1 aromatic carbocycles. The van der Waals surface area contributed by atoms with E-state index in [4.69, 9.17) is 0 Å². The number of H-pyrrole nitrogens is 1. The fourth-order valence-electron chi connectivity index (χ4n) is 2.10. The number of alkyl halides is 3. The molecule has 1 N–H and O–H groups in total. The van der Waals surface area contributed by atoms with Gasteiger partial charge in [0, 0.05) is 18.0 Å². The summed E-state index contributed by atoms with van der Waals surface area (Å²) in [4.78, 5) is 11.7. The highest BCUT2D eigenvalue weighted by atomic mass is 32.2. The minimum atomic E-state index is -3.83. The van der Waals surface area contributed by atoms with Crippen LogP contribution in [0.5, 0.6) is 5.75 Å². The lowest BCUT2D eigenvalue weighted by atomic mass is 10.2. The van der Waals surface area contributed by atoms with Crippen molar-refractivity contribution in [2.45, 2.75) is 23.9 Å². The molecular formula is C16H14F3N3OS. The monoisotopic (exact) mass is 353 g/mol. The molecule has 0 amide bonds. The molecule has 24 heavy (non-hydrogen) atoms. The second kappa shape index (κ2) is 6.72. The predicted molar refractivity (Wildman–Crippen MR) is 86.2 cm³/mol. The van der Waals surface area contributed by atoms with Crippen molar-refractivity contribution in [3.05, 3.63) is 47.8 Å². The highest BCUT2D eigenvalue weighted by Gasteiger charge is 2.31. The van der Waals surface area contributed by atoms with Gasteiger partial charge in [-0.25, -0.2) is 9.37 Å². The Kier molecular flexibility index (Phi) is 4.66. The summed E-state index contributed by atoms with van der Waals surface area (Å²) < 4.78 is 42.4. The lowest BCUT2D eigenvalue weighted by molar-refractivity contribution is -0.186. The van der Waals surface area contributed by atoms with E-state index in [-0.39, 0.29) is 5.75 Å². The van der Waals surface area contributed by atoms with Gasteiger partial charge in [0.1, 0.15) is 5.75 Å². The van der Waals surface area contributed by atoms with Gasteiger partial charge in [0.15, 0.2) is 11.8 Å². The van der Waals surface area contributed by atoms with Crippen LogP contribution in [0, 0.1) is 6.92 Å². The molecule has 2 aromatic heterocycles. The van der Waals surface area contributed by atoms with Crippen molar-refractivity contribution in [1.82, 2.24) is 15.0 Å². The van der Waals surface area contributed by atoms with Crippen LogP contribution in [0.2, 0.25) is 0 Å². The van der Waals surface area contributed by atoms with E-state index in [1.807, 2.05) is 19.1 Å². The van der Waals surface area contributed by atoms with Gasteiger partial charge >= 0.3 is 6.11 Å². The Morgan fingerprint density at radius 3 is 2.88 bits per heavy atom. The van der Waals surface area contributed by atoms with E-state index in [2.05, 4.69) is 19.7 Å². The standard InChI is InChI=1S/C16H14F3N3OS/c1-10-3-2-6-20-14(10)8-24-15-21-12-5-4-11(7-13(12)22-15)23-16(18,19)9-17/h2-7H,8-9H2,1H3,(H,21,22). The van der Waals surface area contributed by atoms with E-state index < -0.39 is 12.8 Å². The van der Waals surface area contributed by atoms with E-state index in [0.29, 0.717) is 21.9 Å². The van der Waals surface area contributed by atoms with Crippen LogP contribution in [-0.4, -0.2) is 27.7 Å². The second-order valence-corrected chi connectivity index (χ2v) is 6.11. The summed E-state index contributed by atoms with van der Waals surface area (Å²) >= 11 is 1.46. The van der Waals surface area contributed by atoms with Crippen molar-refractivity contribution < 1.29 is 17.9 Å². The Morgan fingerprint density at radius 2 is 2.12 bits per heavy atom. The number of nitrogens with one attached hydrogen (secondary N) is 1. The first-order valence-corrected chi connectivity index (χ1v) is 8.11. The molecule has 0 aliphatic carbocycles. The van der Waals surface area contributed by atoms with Crippen LogP contribution in [0.4, 0.5) is 13.2 Å². The number of aromatic nitrogens is 3. The summed E-state index contributed by atoms with van der Waals surface area (Å²) in [5, 5.41) is 0.643. The van der Waals surface area contributed by atoms with E-state index in [0.717, 1.165) is 11.3 Å². The Bertz CT molecular complexity index is 853. The smallest absolute Gasteiger partial charge is 0.427 e. The topological polar surface area (TPSA) is 50.8 Å². The van der Waals surface area contributed by atoms with Crippen LogP contribution in [0.25, 0.3) is 11.0 Å². The number of aromatic amines is 1. The number of aryl methyl sites for hydroxylation is 1. The average molecular weight is 353 g/mol. The van der Waals surface area contributed by atoms with Crippen molar-refractivity contribution >= 4 is 22.8 Å². The van der Waals surface area contributed by atoms with Gasteiger partial charge in [-0.2, -0.15) is 8.78 Å². The lowest BCUT2D eigenvalue weighted by Crippen LogP contribution is -2.26. The molecule has 0 aliphatic rings. The van der Waals surface area contributed by atoms with Gasteiger partial charge in [0.2, 0.25) is 0 Å². The molecule has 3 aromatic rings. The van der Waals surface area contributed by atoms with Crippen molar-refractivity contribution in [3.8, 4) is 5.75 Å². The number of nitrogens with zero attached hydrogens (tertiary/aromatic N) is 2. The Hall–Kier alpha value is -2.22. The molecule has 126 valence electrons. The average Bonchev–Trinajstić information content (AvgIpc) is 2.96. The largest absolute Gasteiger partial charge is 0.431 e. The third-order valence-electron chi connectivity index (χ3n) is 3.32. The van der Waals surface area contributed by atoms with Crippen LogP contribution in [0.1, 0.15) is 11.3 Å². The second-order valence-electron chi connectivity index (χ2n) is 5.15. The molecule has 2 heterocycles. The molecule has 0 fully saturated rings. The third-order valence-corrected chi connectivity index (χ3v) is 4.20. The first-order chi connectivity index (χ1) is 11.5. The Balaban J connectivity index is 1.75. The van der Waals surface area contributed by atoms with Gasteiger partial charge < -0.3 is 9.72 Å². The molecule has 8 heteroatoms. The molecule has 0 saturated carbocycles. The number of ether oxygens (including phenoxy) is 1. The minimum absolute atomic E-state index is 0.120. The molecule has 3 rings (SSSR count). The van der Waals surface area contributed by atoms with Crippen LogP contribution < -0.4 is 4.74 Å². The van der Waals surface area contributed by atoms with Gasteiger partial charge in [-0.1, -0.05) is 17.8 Å². The molecule has 0 saturated heterocycles. The van der Waals surface area contributed by atoms with E-state index in [1.54, 1.807) is 12.3 Å². The molecule has 0 unspecified atom stereocenters. The normalized spacial score (nSPS) is 11.8. The zero-order valence-electron chi connectivity index (χ0n) is 12.7. The maximum Gasteiger partial charge on any atom is 0.427 e. The van der Waals surface area contributed by atoms with Crippen LogP contribution in [-0.2, 0) is 5.75 Å². The molecule has 4 nitrogen and oxygen atoms in total. The maximum atomic E-state index is 13.0. The predicted octanol–water partition coefficient (Wildman–Crippen LogP) is 4.50. The number of hydrogen-bond acceptors (Lipinski definition) is 4. The maximum absolute atomic E-state index is 13.0. The van der Waals surface area contributed by atoms with E-state index in [1.165, 1.54) is 23.9 Å². The van der Waals surface area contributed by atoms with Crippen molar-refractivity contribution in [3.63, 3.8) is 0 Å². The number of halogens is 3. The summed E-state index contributed by atoms with van der Waals surface area (Å²) in [6.07, 6.45) is -2.10. The molecule has 0 atom stereocenters. The number of pyridine rings is 1. The Labute approximate surface area is 140 Å². The highest BCUT2D eigenvalue weighted by molar-refractivity contribution is 7.98. The summed E-state index contributed by atoms with van der Waals surface area (Å²) in [5.74, 6) is 0.515. The van der Waals surface area contributed by atoms with Crippen molar-refractivity contribution in [1.29, 1.82) is 0 Å². The zero-order chi connectivity index (χ0) is 17.2. The number of benzene rings is 1. The van der Waals surface area contributed by atoms with E-state index >= 15 is 0 Å². The fourth-order valence-corrected chi connectivity index (χ4v) is 3.02. The quantitative estimate of drug-likeness (QED) is 0.663. The molecule has 0 spiro atoms. The molecule has 0 aliphatic heterocycles. The number of thioether (sulfide) groups is 1. The Morgan fingerprint density at radius 1 is 1.29 bits per heavy atom. The first-order valence-electron chi connectivity index (χ1n) is 7.13. The molecular weight excluding hydrogens is 339 g/mol. The number of rotatable bonds is 6. The number of imidazole rings is 1. The van der Waals surface area contributed by atoms with Gasteiger partial charge in [-0.05, 0) is 30.7 Å². The van der Waals surface area contributed by atoms with Gasteiger partial charge in [-0.15, -0.1) is 0 Å². The first kappa shape index (κ1) is 16.6. The van der Waals surface area contributed by atoms with Crippen molar-refractivity contribution in [2.75, 3.05) is 6.67 Å².